The number of rotatable bonds is 5. The van der Waals surface area contributed by atoms with Crippen molar-refractivity contribution in [3.05, 3.63) is 68.5 Å². The highest BCUT2D eigenvalue weighted by Crippen LogP contribution is 2.21. The summed E-state index contributed by atoms with van der Waals surface area (Å²) in [5, 5.41) is 13.3. The molecule has 0 aromatic heterocycles. The molecule has 2 rings (SSSR count). The van der Waals surface area contributed by atoms with Crippen LogP contribution in [0.4, 0.5) is 15.8 Å². The van der Waals surface area contributed by atoms with Crippen molar-refractivity contribution in [3.63, 3.8) is 0 Å². The van der Waals surface area contributed by atoms with Gasteiger partial charge in [-0.25, -0.2) is 9.18 Å². The van der Waals surface area contributed by atoms with Crippen LogP contribution in [-0.2, 0) is 9.53 Å². The Morgan fingerprint density at radius 1 is 1.28 bits per heavy atom. The maximum atomic E-state index is 13.5. The van der Waals surface area contributed by atoms with Crippen molar-refractivity contribution < 1.29 is 23.6 Å². The maximum Gasteiger partial charge on any atom is 0.341 e. The van der Waals surface area contributed by atoms with E-state index in [0.29, 0.717) is 11.3 Å². The molecule has 25 heavy (non-hydrogen) atoms. The summed E-state index contributed by atoms with van der Waals surface area (Å²) < 4.78 is 18.3. The lowest BCUT2D eigenvalue weighted by molar-refractivity contribution is -0.384. The molecule has 130 valence electrons. The largest absolute Gasteiger partial charge is 0.452 e. The molecule has 0 aliphatic carbocycles. The highest BCUT2D eigenvalue weighted by Gasteiger charge is 2.16. The van der Waals surface area contributed by atoms with E-state index in [4.69, 9.17) is 16.3 Å². The first-order valence-electron chi connectivity index (χ1n) is 6.95. The summed E-state index contributed by atoms with van der Waals surface area (Å²) in [5.41, 5.74) is 0.306. The van der Waals surface area contributed by atoms with Crippen LogP contribution in [0.2, 0.25) is 5.02 Å². The Balaban J connectivity index is 1.98. The third-order valence-corrected chi connectivity index (χ3v) is 3.41. The molecule has 0 fully saturated rings. The molecule has 0 saturated carbocycles. The van der Waals surface area contributed by atoms with E-state index in [1.54, 1.807) is 6.92 Å². The topological polar surface area (TPSA) is 98.5 Å². The number of halogens is 2. The van der Waals surface area contributed by atoms with Crippen LogP contribution < -0.4 is 5.32 Å². The predicted octanol–water partition coefficient (Wildman–Crippen LogP) is 3.49. The standard InChI is InChI=1S/C16H12ClFN2O5/c1-9-6-11(20(23)24)3-5-14(9)19-15(21)8-25-16(22)12-7-10(17)2-4-13(12)18/h2-7H,8H2,1H3,(H,19,21). The molecule has 0 unspecified atom stereocenters. The van der Waals surface area contributed by atoms with Gasteiger partial charge >= 0.3 is 5.97 Å². The molecule has 1 N–H and O–H groups in total. The van der Waals surface area contributed by atoms with Crippen LogP contribution in [-0.4, -0.2) is 23.4 Å². The Morgan fingerprint density at radius 3 is 2.64 bits per heavy atom. The Bertz CT molecular complexity index is 856. The minimum Gasteiger partial charge on any atom is -0.452 e. The van der Waals surface area contributed by atoms with Gasteiger partial charge in [-0.1, -0.05) is 11.6 Å². The Labute approximate surface area is 146 Å². The molecular formula is C16H12ClFN2O5. The van der Waals surface area contributed by atoms with Crippen LogP contribution in [0, 0.1) is 22.9 Å². The van der Waals surface area contributed by atoms with Gasteiger partial charge in [0.05, 0.1) is 10.5 Å². The number of esters is 1. The van der Waals surface area contributed by atoms with Crippen molar-refractivity contribution in [2.24, 2.45) is 0 Å². The zero-order valence-corrected chi connectivity index (χ0v) is 13.7. The summed E-state index contributed by atoms with van der Waals surface area (Å²) >= 11 is 5.68. The number of aryl methyl sites for hydroxylation is 1. The van der Waals surface area contributed by atoms with Crippen molar-refractivity contribution in [2.45, 2.75) is 6.92 Å². The van der Waals surface area contributed by atoms with Crippen LogP contribution in [0.15, 0.2) is 36.4 Å². The highest BCUT2D eigenvalue weighted by atomic mass is 35.5. The normalized spacial score (nSPS) is 10.2. The first kappa shape index (κ1) is 18.3. The molecule has 0 saturated heterocycles. The van der Waals surface area contributed by atoms with Crippen molar-refractivity contribution in [1.29, 1.82) is 0 Å². The molecule has 0 atom stereocenters. The lowest BCUT2D eigenvalue weighted by Crippen LogP contribution is -2.21. The third kappa shape index (κ3) is 4.74. The number of non-ortho nitro benzene ring substituents is 1. The van der Waals surface area contributed by atoms with Gasteiger partial charge in [0.2, 0.25) is 0 Å². The fraction of sp³-hybridized carbons (Fsp3) is 0.125. The van der Waals surface area contributed by atoms with E-state index in [2.05, 4.69) is 5.32 Å². The number of nitro benzene ring substituents is 1. The Hall–Kier alpha value is -3.00. The minimum atomic E-state index is -1.03. The lowest BCUT2D eigenvalue weighted by atomic mass is 10.2. The molecular weight excluding hydrogens is 355 g/mol. The number of benzene rings is 2. The Morgan fingerprint density at radius 2 is 2.00 bits per heavy atom. The molecule has 0 bridgehead atoms. The second-order valence-corrected chi connectivity index (χ2v) is 5.44. The van der Waals surface area contributed by atoms with Gasteiger partial charge in [0.25, 0.3) is 11.6 Å². The van der Waals surface area contributed by atoms with E-state index in [9.17, 15) is 24.1 Å². The number of amides is 1. The quantitative estimate of drug-likeness (QED) is 0.496. The first-order valence-corrected chi connectivity index (χ1v) is 7.33. The van der Waals surface area contributed by atoms with Gasteiger partial charge in [-0.05, 0) is 36.8 Å². The second kappa shape index (κ2) is 7.71. The van der Waals surface area contributed by atoms with Gasteiger partial charge in [-0.3, -0.25) is 14.9 Å². The summed E-state index contributed by atoms with van der Waals surface area (Å²) in [7, 11) is 0. The van der Waals surface area contributed by atoms with Crippen LogP contribution >= 0.6 is 11.6 Å². The number of nitrogens with one attached hydrogen (secondary N) is 1. The van der Waals surface area contributed by atoms with Crippen LogP contribution in [0.3, 0.4) is 0 Å². The zero-order chi connectivity index (χ0) is 18.6. The number of nitrogens with zero attached hydrogens (tertiary/aromatic N) is 1. The van der Waals surface area contributed by atoms with Crippen LogP contribution in [0.25, 0.3) is 0 Å². The van der Waals surface area contributed by atoms with Gasteiger partial charge in [-0.15, -0.1) is 0 Å². The van der Waals surface area contributed by atoms with E-state index < -0.39 is 29.2 Å². The number of ether oxygens (including phenoxy) is 1. The van der Waals surface area contributed by atoms with E-state index in [-0.39, 0.29) is 16.3 Å². The molecule has 1 amide bonds. The number of hydrogen-bond donors (Lipinski definition) is 1. The number of carbonyl (C=O) groups is 2. The smallest absolute Gasteiger partial charge is 0.341 e. The van der Waals surface area contributed by atoms with Crippen molar-refractivity contribution in [2.75, 3.05) is 11.9 Å². The number of anilines is 1. The molecule has 9 heteroatoms. The minimum absolute atomic E-state index is 0.113. The van der Waals surface area contributed by atoms with Gasteiger partial charge in [-0.2, -0.15) is 0 Å². The van der Waals surface area contributed by atoms with E-state index in [1.165, 1.54) is 24.3 Å². The van der Waals surface area contributed by atoms with Crippen molar-refractivity contribution >= 4 is 34.9 Å². The summed E-state index contributed by atoms with van der Waals surface area (Å²) in [5.74, 6) is -2.52. The summed E-state index contributed by atoms with van der Waals surface area (Å²) in [4.78, 5) is 33.7. The number of nitro groups is 1. The maximum absolute atomic E-state index is 13.5. The first-order chi connectivity index (χ1) is 11.8. The summed E-state index contributed by atoms with van der Waals surface area (Å²) in [6, 6.07) is 7.28. The number of carbonyl (C=O) groups excluding carboxylic acids is 2. The molecule has 2 aromatic carbocycles. The summed E-state index contributed by atoms with van der Waals surface area (Å²) in [6.45, 7) is 0.928. The van der Waals surface area contributed by atoms with Gasteiger partial charge in [0.15, 0.2) is 6.61 Å². The van der Waals surface area contributed by atoms with Crippen molar-refractivity contribution in [3.8, 4) is 0 Å². The summed E-state index contributed by atoms with van der Waals surface area (Å²) in [6.07, 6.45) is 0. The average molecular weight is 367 g/mol. The van der Waals surface area contributed by atoms with Gasteiger partial charge in [0.1, 0.15) is 5.82 Å². The number of hydrogen-bond acceptors (Lipinski definition) is 5. The van der Waals surface area contributed by atoms with Crippen LogP contribution in [0.1, 0.15) is 15.9 Å². The molecule has 2 aromatic rings. The third-order valence-electron chi connectivity index (χ3n) is 3.18. The molecule has 0 aliphatic rings. The second-order valence-electron chi connectivity index (χ2n) is 5.00. The average Bonchev–Trinajstić information content (AvgIpc) is 2.56. The Kier molecular flexibility index (Phi) is 5.66. The lowest BCUT2D eigenvalue weighted by Gasteiger charge is -2.09. The fourth-order valence-corrected chi connectivity index (χ4v) is 2.12. The zero-order valence-electron chi connectivity index (χ0n) is 12.9. The molecule has 0 heterocycles. The van der Waals surface area contributed by atoms with Crippen molar-refractivity contribution in [1.82, 2.24) is 0 Å². The molecule has 7 nitrogen and oxygen atoms in total. The van der Waals surface area contributed by atoms with Gasteiger partial charge < -0.3 is 10.1 Å². The molecule has 0 spiro atoms. The van der Waals surface area contributed by atoms with Crippen LogP contribution in [0.5, 0.6) is 0 Å². The van der Waals surface area contributed by atoms with E-state index in [1.807, 2.05) is 0 Å². The monoisotopic (exact) mass is 366 g/mol. The predicted molar refractivity (Wildman–Crippen MR) is 88.2 cm³/mol. The highest BCUT2D eigenvalue weighted by molar-refractivity contribution is 6.30. The van der Waals surface area contributed by atoms with E-state index >= 15 is 0 Å². The molecule has 0 radical (unpaired) electrons. The fourth-order valence-electron chi connectivity index (χ4n) is 1.95. The SMILES string of the molecule is Cc1cc([N+](=O)[O-])ccc1NC(=O)COC(=O)c1cc(Cl)ccc1F. The molecule has 0 aliphatic heterocycles. The van der Waals surface area contributed by atoms with Gasteiger partial charge in [0, 0.05) is 22.8 Å². The van der Waals surface area contributed by atoms with E-state index in [0.717, 1.165) is 12.1 Å².